The van der Waals surface area contributed by atoms with E-state index in [2.05, 4.69) is 5.32 Å². The van der Waals surface area contributed by atoms with E-state index in [1.54, 1.807) is 4.90 Å². The predicted octanol–water partition coefficient (Wildman–Crippen LogP) is 2.38. The van der Waals surface area contributed by atoms with Crippen molar-refractivity contribution in [2.75, 3.05) is 13.1 Å². The molecule has 1 N–H and O–H groups in total. The Kier molecular flexibility index (Phi) is 3.92. The fraction of sp³-hybridized carbons (Fsp3) is 0.222. The highest BCUT2D eigenvalue weighted by atomic mass is 16.2. The van der Waals surface area contributed by atoms with Crippen molar-refractivity contribution in [3.05, 3.63) is 70.8 Å². The highest BCUT2D eigenvalue weighted by Gasteiger charge is 2.26. The SMILES string of the molecule is Cc1ccc(C(=O)NCCN2Cc3ccccc3C2=O)cc1. The van der Waals surface area contributed by atoms with E-state index in [0.29, 0.717) is 25.2 Å². The fourth-order valence-corrected chi connectivity index (χ4v) is 2.61. The van der Waals surface area contributed by atoms with Crippen LogP contribution in [0.1, 0.15) is 31.8 Å². The van der Waals surface area contributed by atoms with E-state index >= 15 is 0 Å². The third-order valence-electron chi connectivity index (χ3n) is 3.88. The third kappa shape index (κ3) is 2.86. The maximum Gasteiger partial charge on any atom is 0.254 e. The van der Waals surface area contributed by atoms with Crippen molar-refractivity contribution in [3.8, 4) is 0 Å². The Hall–Kier alpha value is -2.62. The molecule has 0 fully saturated rings. The van der Waals surface area contributed by atoms with Gasteiger partial charge in [-0.15, -0.1) is 0 Å². The summed E-state index contributed by atoms with van der Waals surface area (Å²) in [6.07, 6.45) is 0. The van der Waals surface area contributed by atoms with Gasteiger partial charge >= 0.3 is 0 Å². The van der Waals surface area contributed by atoms with E-state index in [-0.39, 0.29) is 11.8 Å². The van der Waals surface area contributed by atoms with Gasteiger partial charge in [-0.05, 0) is 30.7 Å². The van der Waals surface area contributed by atoms with Gasteiger partial charge in [-0.25, -0.2) is 0 Å². The smallest absolute Gasteiger partial charge is 0.254 e. The Labute approximate surface area is 129 Å². The molecule has 2 aromatic rings. The number of rotatable bonds is 4. The summed E-state index contributed by atoms with van der Waals surface area (Å²) in [6.45, 7) is 3.57. The van der Waals surface area contributed by atoms with Gasteiger partial charge in [0.15, 0.2) is 0 Å². The lowest BCUT2D eigenvalue weighted by molar-refractivity contribution is 0.0770. The number of aryl methyl sites for hydroxylation is 1. The molecule has 2 amide bonds. The molecule has 0 saturated carbocycles. The maximum atomic E-state index is 12.2. The second-order valence-corrected chi connectivity index (χ2v) is 5.51. The van der Waals surface area contributed by atoms with Gasteiger partial charge in [0.1, 0.15) is 0 Å². The van der Waals surface area contributed by atoms with Crippen LogP contribution >= 0.6 is 0 Å². The number of fused-ring (bicyclic) bond motifs is 1. The number of hydrogen-bond donors (Lipinski definition) is 1. The quantitative estimate of drug-likeness (QED) is 0.941. The zero-order valence-electron chi connectivity index (χ0n) is 12.5. The van der Waals surface area contributed by atoms with E-state index in [1.165, 1.54) is 0 Å². The Bertz CT molecular complexity index is 707. The standard InChI is InChI=1S/C18H18N2O2/c1-13-6-8-14(9-7-13)17(21)19-10-11-20-12-15-4-2-3-5-16(15)18(20)22/h2-9H,10-12H2,1H3,(H,19,21). The Morgan fingerprint density at radius 1 is 1.14 bits per heavy atom. The first kappa shape index (κ1) is 14.3. The number of amides is 2. The minimum absolute atomic E-state index is 0.0418. The summed E-state index contributed by atoms with van der Waals surface area (Å²) in [5.74, 6) is -0.0654. The molecule has 22 heavy (non-hydrogen) atoms. The molecule has 0 radical (unpaired) electrons. The zero-order chi connectivity index (χ0) is 15.5. The van der Waals surface area contributed by atoms with Gasteiger partial charge in [0.25, 0.3) is 11.8 Å². The molecule has 2 aromatic carbocycles. The summed E-state index contributed by atoms with van der Waals surface area (Å²) in [5, 5.41) is 2.86. The van der Waals surface area contributed by atoms with E-state index in [9.17, 15) is 9.59 Å². The second kappa shape index (κ2) is 6.02. The number of hydrogen-bond acceptors (Lipinski definition) is 2. The summed E-state index contributed by atoms with van der Waals surface area (Å²) in [4.78, 5) is 26.0. The Morgan fingerprint density at radius 3 is 2.59 bits per heavy atom. The molecule has 4 heteroatoms. The lowest BCUT2D eigenvalue weighted by Gasteiger charge is -2.15. The summed E-state index contributed by atoms with van der Waals surface area (Å²) in [5.41, 5.74) is 3.59. The molecule has 0 bridgehead atoms. The van der Waals surface area contributed by atoms with Gasteiger partial charge in [0.2, 0.25) is 0 Å². The van der Waals surface area contributed by atoms with Crippen LogP contribution in [-0.4, -0.2) is 29.8 Å². The molecule has 0 aromatic heterocycles. The number of nitrogens with one attached hydrogen (secondary N) is 1. The van der Waals surface area contributed by atoms with E-state index < -0.39 is 0 Å². The monoisotopic (exact) mass is 294 g/mol. The molecule has 1 heterocycles. The lowest BCUT2D eigenvalue weighted by Crippen LogP contribution is -2.35. The topological polar surface area (TPSA) is 49.4 Å². The van der Waals surface area contributed by atoms with Crippen molar-refractivity contribution in [1.82, 2.24) is 10.2 Å². The van der Waals surface area contributed by atoms with Crippen molar-refractivity contribution in [2.24, 2.45) is 0 Å². The van der Waals surface area contributed by atoms with Crippen LogP contribution in [0.25, 0.3) is 0 Å². The van der Waals surface area contributed by atoms with Crippen molar-refractivity contribution in [2.45, 2.75) is 13.5 Å². The number of carbonyl (C=O) groups excluding carboxylic acids is 2. The highest BCUT2D eigenvalue weighted by Crippen LogP contribution is 2.21. The average molecular weight is 294 g/mol. The molecule has 0 aliphatic carbocycles. The number of carbonyl (C=O) groups is 2. The minimum Gasteiger partial charge on any atom is -0.350 e. The van der Waals surface area contributed by atoms with Gasteiger partial charge in [-0.3, -0.25) is 9.59 Å². The van der Waals surface area contributed by atoms with Crippen molar-refractivity contribution in [3.63, 3.8) is 0 Å². The third-order valence-corrected chi connectivity index (χ3v) is 3.88. The molecule has 0 atom stereocenters. The number of benzene rings is 2. The van der Waals surface area contributed by atoms with Crippen molar-refractivity contribution in [1.29, 1.82) is 0 Å². The van der Waals surface area contributed by atoms with Gasteiger partial charge < -0.3 is 10.2 Å². The van der Waals surface area contributed by atoms with Crippen LogP contribution < -0.4 is 5.32 Å². The first-order valence-corrected chi connectivity index (χ1v) is 7.37. The molecule has 112 valence electrons. The molecule has 3 rings (SSSR count). The Morgan fingerprint density at radius 2 is 1.86 bits per heavy atom. The van der Waals surface area contributed by atoms with Crippen LogP contribution in [0.15, 0.2) is 48.5 Å². The fourth-order valence-electron chi connectivity index (χ4n) is 2.61. The first-order valence-electron chi connectivity index (χ1n) is 7.37. The van der Waals surface area contributed by atoms with Crippen LogP contribution in [0.4, 0.5) is 0 Å². The second-order valence-electron chi connectivity index (χ2n) is 5.51. The molecule has 0 saturated heterocycles. The highest BCUT2D eigenvalue weighted by molar-refractivity contribution is 5.98. The lowest BCUT2D eigenvalue weighted by atomic mass is 10.1. The molecular formula is C18H18N2O2. The minimum atomic E-state index is -0.107. The molecule has 4 nitrogen and oxygen atoms in total. The van der Waals surface area contributed by atoms with Crippen LogP contribution in [-0.2, 0) is 6.54 Å². The molecule has 1 aliphatic heterocycles. The van der Waals surface area contributed by atoms with Crippen LogP contribution in [0.5, 0.6) is 0 Å². The maximum absolute atomic E-state index is 12.2. The molecule has 0 unspecified atom stereocenters. The summed E-state index contributed by atoms with van der Waals surface area (Å²) < 4.78 is 0. The van der Waals surface area contributed by atoms with E-state index in [1.807, 2.05) is 55.5 Å². The van der Waals surface area contributed by atoms with Crippen LogP contribution in [0.3, 0.4) is 0 Å². The van der Waals surface area contributed by atoms with Crippen LogP contribution in [0, 0.1) is 6.92 Å². The van der Waals surface area contributed by atoms with Crippen molar-refractivity contribution >= 4 is 11.8 Å². The Balaban J connectivity index is 1.53. The average Bonchev–Trinajstić information content (AvgIpc) is 2.85. The molecular weight excluding hydrogens is 276 g/mol. The normalized spacial score (nSPS) is 13.1. The van der Waals surface area contributed by atoms with Gasteiger partial charge in [-0.2, -0.15) is 0 Å². The number of nitrogens with zero attached hydrogens (tertiary/aromatic N) is 1. The zero-order valence-corrected chi connectivity index (χ0v) is 12.5. The van der Waals surface area contributed by atoms with E-state index in [0.717, 1.165) is 16.7 Å². The predicted molar refractivity (Wildman–Crippen MR) is 84.7 cm³/mol. The van der Waals surface area contributed by atoms with Crippen molar-refractivity contribution < 1.29 is 9.59 Å². The first-order chi connectivity index (χ1) is 10.6. The molecule has 0 spiro atoms. The van der Waals surface area contributed by atoms with E-state index in [4.69, 9.17) is 0 Å². The summed E-state index contributed by atoms with van der Waals surface area (Å²) in [7, 11) is 0. The van der Waals surface area contributed by atoms with Gasteiger partial charge in [-0.1, -0.05) is 35.9 Å². The van der Waals surface area contributed by atoms with Gasteiger partial charge in [0.05, 0.1) is 0 Å². The summed E-state index contributed by atoms with van der Waals surface area (Å²) in [6, 6.07) is 15.1. The molecule has 1 aliphatic rings. The van der Waals surface area contributed by atoms with Crippen LogP contribution in [0.2, 0.25) is 0 Å². The summed E-state index contributed by atoms with van der Waals surface area (Å²) >= 11 is 0. The van der Waals surface area contributed by atoms with Gasteiger partial charge in [0, 0.05) is 30.8 Å². The largest absolute Gasteiger partial charge is 0.350 e.